The van der Waals surface area contributed by atoms with Crippen LogP contribution in [0.2, 0.25) is 0 Å². The van der Waals surface area contributed by atoms with E-state index in [2.05, 4.69) is 37.4 Å². The highest BCUT2D eigenvalue weighted by Crippen LogP contribution is 2.55. The smallest absolute Gasteiger partial charge is 0.383 e. The SMILES string of the molecule is CC#CC(=O)NC12CCC(n3nc(-c4ccc(C(=O)Nc5cc(C(F)(F)F)ccn5)cc4)c4c(N)ncnc43)(CC1)C2. The van der Waals surface area contributed by atoms with E-state index in [9.17, 15) is 22.8 Å². The summed E-state index contributed by atoms with van der Waals surface area (Å²) in [5, 5.41) is 11.1. The predicted octanol–water partition coefficient (Wildman–Crippen LogP) is 4.29. The number of benzene rings is 1. The van der Waals surface area contributed by atoms with E-state index in [4.69, 9.17) is 10.8 Å². The van der Waals surface area contributed by atoms with Crippen LogP contribution in [0.5, 0.6) is 0 Å². The van der Waals surface area contributed by atoms with E-state index in [0.717, 1.165) is 44.0 Å². The summed E-state index contributed by atoms with van der Waals surface area (Å²) in [7, 11) is 0. The van der Waals surface area contributed by atoms with E-state index in [-0.39, 0.29) is 34.2 Å². The van der Waals surface area contributed by atoms with Crippen molar-refractivity contribution in [2.24, 2.45) is 0 Å². The molecule has 1 aromatic carbocycles. The normalized spacial score (nSPS) is 21.1. The molecule has 214 valence electrons. The van der Waals surface area contributed by atoms with Crippen LogP contribution >= 0.6 is 0 Å². The van der Waals surface area contributed by atoms with Gasteiger partial charge in [0.1, 0.15) is 23.7 Å². The topological polar surface area (TPSA) is 141 Å². The molecule has 10 nitrogen and oxygen atoms in total. The van der Waals surface area contributed by atoms with E-state index in [1.54, 1.807) is 31.2 Å². The molecule has 0 aliphatic heterocycles. The summed E-state index contributed by atoms with van der Waals surface area (Å²) in [5.74, 6) is 4.34. The fourth-order valence-corrected chi connectivity index (χ4v) is 6.17. The van der Waals surface area contributed by atoms with Gasteiger partial charge in [-0.2, -0.15) is 18.3 Å². The van der Waals surface area contributed by atoms with Crippen LogP contribution in [0.1, 0.15) is 54.9 Å². The number of nitrogens with zero attached hydrogens (tertiary/aromatic N) is 5. The number of rotatable bonds is 5. The Morgan fingerprint density at radius 2 is 1.79 bits per heavy atom. The van der Waals surface area contributed by atoms with Crippen molar-refractivity contribution in [3.8, 4) is 23.1 Å². The second kappa shape index (κ2) is 9.83. The predicted molar refractivity (Wildman–Crippen MR) is 148 cm³/mol. The van der Waals surface area contributed by atoms with Crippen molar-refractivity contribution in [2.45, 2.75) is 56.3 Å². The third-order valence-electron chi connectivity index (χ3n) is 8.12. The summed E-state index contributed by atoms with van der Waals surface area (Å²) in [6, 6.07) is 8.06. The van der Waals surface area contributed by atoms with Crippen molar-refractivity contribution in [3.05, 3.63) is 60.0 Å². The van der Waals surface area contributed by atoms with E-state index in [0.29, 0.717) is 28.7 Å². The van der Waals surface area contributed by atoms with Crippen molar-refractivity contribution in [2.75, 3.05) is 11.1 Å². The first-order valence-electron chi connectivity index (χ1n) is 13.2. The molecule has 4 aromatic rings. The third kappa shape index (κ3) is 4.68. The molecule has 4 N–H and O–H groups in total. The summed E-state index contributed by atoms with van der Waals surface area (Å²) in [5.41, 5.74) is 6.64. The second-order valence-electron chi connectivity index (χ2n) is 10.7. The van der Waals surface area contributed by atoms with E-state index in [1.165, 1.54) is 6.33 Å². The average molecular weight is 575 g/mol. The lowest BCUT2D eigenvalue weighted by molar-refractivity contribution is -0.137. The number of carbonyl (C=O) groups excluding carboxylic acids is 2. The number of nitrogens with one attached hydrogen (secondary N) is 2. The van der Waals surface area contributed by atoms with Crippen LogP contribution in [-0.4, -0.2) is 42.1 Å². The van der Waals surface area contributed by atoms with Gasteiger partial charge in [-0.15, -0.1) is 0 Å². The first-order chi connectivity index (χ1) is 20.0. The number of amides is 2. The van der Waals surface area contributed by atoms with Crippen LogP contribution in [0.25, 0.3) is 22.3 Å². The number of aromatic nitrogens is 5. The number of pyridine rings is 1. The van der Waals surface area contributed by atoms with Gasteiger partial charge in [0.25, 0.3) is 11.8 Å². The van der Waals surface area contributed by atoms with Crippen molar-refractivity contribution < 1.29 is 22.8 Å². The fourth-order valence-electron chi connectivity index (χ4n) is 6.17. The van der Waals surface area contributed by atoms with Crippen molar-refractivity contribution >= 4 is 34.5 Å². The number of hydrogen-bond acceptors (Lipinski definition) is 7. The Morgan fingerprint density at radius 3 is 2.48 bits per heavy atom. The Morgan fingerprint density at radius 1 is 1.05 bits per heavy atom. The number of nitrogens with two attached hydrogens (primary N) is 1. The number of hydrogen-bond donors (Lipinski definition) is 3. The minimum absolute atomic E-state index is 0.213. The average Bonchev–Trinajstić information content (AvgIpc) is 3.64. The van der Waals surface area contributed by atoms with Gasteiger partial charge in [0, 0.05) is 22.9 Å². The Bertz CT molecular complexity index is 1780. The van der Waals surface area contributed by atoms with Gasteiger partial charge in [-0.1, -0.05) is 18.1 Å². The molecule has 42 heavy (non-hydrogen) atoms. The number of fused-ring (bicyclic) bond motifs is 3. The molecule has 0 atom stereocenters. The summed E-state index contributed by atoms with van der Waals surface area (Å²) in [6.07, 6.45) is 1.64. The van der Waals surface area contributed by atoms with Crippen molar-refractivity contribution in [1.82, 2.24) is 30.0 Å². The first kappa shape index (κ1) is 27.2. The van der Waals surface area contributed by atoms with Gasteiger partial charge in [-0.3, -0.25) is 9.59 Å². The highest BCUT2D eigenvalue weighted by molar-refractivity contribution is 6.04. The molecule has 0 radical (unpaired) electrons. The van der Waals surface area contributed by atoms with Gasteiger partial charge in [-0.25, -0.2) is 19.6 Å². The molecular formula is C29H25F3N8O2. The standard InChI is InChI=1S/C29H25F3N8O2/c1-2-3-21(41)38-27-9-11-28(15-27,12-10-27)40-25-22(24(33)35-16-36-25)23(39-40)17-4-6-18(7-5-17)26(42)37-20-14-19(8-13-34-20)29(30,31)32/h4-8,13-14,16H,9-12,15H2,1H3,(H,38,41)(H2,33,35,36)(H,34,37,42). The molecule has 3 aromatic heterocycles. The molecule has 2 fully saturated rings. The van der Waals surface area contributed by atoms with Gasteiger partial charge < -0.3 is 16.4 Å². The van der Waals surface area contributed by atoms with Gasteiger partial charge in [0.15, 0.2) is 5.65 Å². The van der Waals surface area contributed by atoms with E-state index >= 15 is 0 Å². The Balaban J connectivity index is 1.29. The third-order valence-corrected chi connectivity index (χ3v) is 8.12. The Labute approximate surface area is 237 Å². The second-order valence-corrected chi connectivity index (χ2v) is 10.7. The first-order valence-corrected chi connectivity index (χ1v) is 13.2. The molecule has 2 amide bonds. The number of halogens is 3. The Hall–Kier alpha value is -4.99. The maximum Gasteiger partial charge on any atom is 0.416 e. The molecular weight excluding hydrogens is 549 g/mol. The number of alkyl halides is 3. The monoisotopic (exact) mass is 574 g/mol. The molecule has 13 heteroatoms. The maximum atomic E-state index is 13.0. The van der Waals surface area contributed by atoms with Crippen LogP contribution in [0, 0.1) is 11.8 Å². The van der Waals surface area contributed by atoms with Crippen LogP contribution in [0.15, 0.2) is 48.9 Å². The summed E-state index contributed by atoms with van der Waals surface area (Å²) in [4.78, 5) is 37.6. The maximum absolute atomic E-state index is 13.0. The van der Waals surface area contributed by atoms with Crippen LogP contribution in [-0.2, 0) is 16.5 Å². The lowest BCUT2D eigenvalue weighted by Crippen LogP contribution is -2.44. The van der Waals surface area contributed by atoms with E-state index in [1.807, 2.05) is 4.68 Å². The molecule has 2 bridgehead atoms. The minimum Gasteiger partial charge on any atom is -0.383 e. The lowest BCUT2D eigenvalue weighted by atomic mass is 9.91. The minimum atomic E-state index is -4.56. The van der Waals surface area contributed by atoms with Gasteiger partial charge >= 0.3 is 6.18 Å². The van der Waals surface area contributed by atoms with Gasteiger partial charge in [0.05, 0.1) is 16.5 Å². The van der Waals surface area contributed by atoms with Gasteiger partial charge in [0.2, 0.25) is 0 Å². The largest absolute Gasteiger partial charge is 0.416 e. The molecule has 0 spiro atoms. The van der Waals surface area contributed by atoms with Crippen LogP contribution < -0.4 is 16.4 Å². The van der Waals surface area contributed by atoms with Crippen molar-refractivity contribution in [1.29, 1.82) is 0 Å². The highest BCUT2D eigenvalue weighted by atomic mass is 19.4. The zero-order valence-corrected chi connectivity index (χ0v) is 22.4. The lowest BCUT2D eigenvalue weighted by Gasteiger charge is -2.28. The number of carbonyl (C=O) groups is 2. The number of nitrogen functional groups attached to an aromatic ring is 1. The summed E-state index contributed by atoms with van der Waals surface area (Å²) in [6.45, 7) is 1.62. The number of anilines is 2. The molecule has 0 saturated heterocycles. The molecule has 2 saturated carbocycles. The molecule has 0 unspecified atom stereocenters. The molecule has 6 rings (SSSR count). The Kier molecular flexibility index (Phi) is 6.36. The van der Waals surface area contributed by atoms with Gasteiger partial charge in [-0.05, 0) is 69.2 Å². The highest BCUT2D eigenvalue weighted by Gasteiger charge is 2.57. The zero-order chi connectivity index (χ0) is 29.7. The quantitative estimate of drug-likeness (QED) is 0.302. The van der Waals surface area contributed by atoms with Crippen molar-refractivity contribution in [3.63, 3.8) is 0 Å². The molecule has 2 aliphatic rings. The molecule has 3 heterocycles. The van der Waals surface area contributed by atoms with Crippen LogP contribution in [0.4, 0.5) is 24.8 Å². The fraction of sp³-hybridized carbons (Fsp3) is 0.310. The molecule has 2 aliphatic carbocycles. The van der Waals surface area contributed by atoms with Crippen LogP contribution in [0.3, 0.4) is 0 Å². The summed E-state index contributed by atoms with van der Waals surface area (Å²) >= 11 is 0. The zero-order valence-electron chi connectivity index (χ0n) is 22.4. The van der Waals surface area contributed by atoms with E-state index < -0.39 is 17.6 Å². The summed E-state index contributed by atoms with van der Waals surface area (Å²) < 4.78 is 41.0.